The molecule has 1 amide bonds. The van der Waals surface area contributed by atoms with Gasteiger partial charge in [-0.25, -0.2) is 8.78 Å². The monoisotopic (exact) mass is 252 g/mol. The molecule has 7 heteroatoms. The van der Waals surface area contributed by atoms with Crippen LogP contribution in [0.25, 0.3) is 0 Å². The second kappa shape index (κ2) is 4.44. The van der Waals surface area contributed by atoms with Crippen molar-refractivity contribution in [2.45, 2.75) is 0 Å². The van der Waals surface area contributed by atoms with Crippen molar-refractivity contribution in [2.24, 2.45) is 7.05 Å². The second-order valence-electron chi connectivity index (χ2n) is 3.62. The molecular formula is C11H10F2N4O. The van der Waals surface area contributed by atoms with Gasteiger partial charge < -0.3 is 11.1 Å². The van der Waals surface area contributed by atoms with Gasteiger partial charge in [0.1, 0.15) is 11.4 Å². The summed E-state index contributed by atoms with van der Waals surface area (Å²) in [5.74, 6) is -2.89. The van der Waals surface area contributed by atoms with Gasteiger partial charge in [-0.3, -0.25) is 9.48 Å². The van der Waals surface area contributed by atoms with Crippen LogP contribution in [-0.2, 0) is 7.05 Å². The Morgan fingerprint density at radius 3 is 2.72 bits per heavy atom. The topological polar surface area (TPSA) is 72.9 Å². The smallest absolute Gasteiger partial charge is 0.274 e. The van der Waals surface area contributed by atoms with Gasteiger partial charge in [0, 0.05) is 13.2 Å². The van der Waals surface area contributed by atoms with Gasteiger partial charge in [-0.1, -0.05) is 0 Å². The fourth-order valence-corrected chi connectivity index (χ4v) is 1.47. The van der Waals surface area contributed by atoms with Gasteiger partial charge in [-0.05, 0) is 18.2 Å². The first-order chi connectivity index (χ1) is 8.50. The van der Waals surface area contributed by atoms with E-state index in [1.54, 1.807) is 7.05 Å². The maximum Gasteiger partial charge on any atom is 0.274 e. The molecule has 1 aromatic carbocycles. The Bertz CT molecular complexity index is 609. The Morgan fingerprint density at radius 2 is 2.11 bits per heavy atom. The summed E-state index contributed by atoms with van der Waals surface area (Å²) >= 11 is 0. The number of hydrogen-bond acceptors (Lipinski definition) is 3. The molecule has 1 aromatic heterocycles. The number of aryl methyl sites for hydroxylation is 1. The molecule has 0 radical (unpaired) electrons. The van der Waals surface area contributed by atoms with Gasteiger partial charge >= 0.3 is 0 Å². The number of rotatable bonds is 2. The van der Waals surface area contributed by atoms with Gasteiger partial charge in [-0.15, -0.1) is 0 Å². The predicted octanol–water partition coefficient (Wildman–Crippen LogP) is 1.53. The number of halogens is 2. The number of carbonyl (C=O) groups excluding carboxylic acids is 1. The minimum atomic E-state index is -1.19. The van der Waals surface area contributed by atoms with Crippen LogP contribution < -0.4 is 11.1 Å². The highest BCUT2D eigenvalue weighted by atomic mass is 19.2. The molecule has 94 valence electrons. The first-order valence-electron chi connectivity index (χ1n) is 5.03. The van der Waals surface area contributed by atoms with Crippen molar-refractivity contribution in [3.63, 3.8) is 0 Å². The maximum atomic E-state index is 13.5. The molecule has 0 aliphatic heterocycles. The highest BCUT2D eigenvalue weighted by Crippen LogP contribution is 2.24. The first kappa shape index (κ1) is 12.0. The lowest BCUT2D eigenvalue weighted by Crippen LogP contribution is -2.18. The lowest BCUT2D eigenvalue weighted by Gasteiger charge is -2.09. The zero-order valence-corrected chi connectivity index (χ0v) is 9.45. The molecular weight excluding hydrogens is 242 g/mol. The standard InChI is InChI=1S/C11H10F2N4O/c1-17-8(4-5-15-17)11(18)16-10-7(14)3-2-6(12)9(10)13/h2-5H,14H2,1H3,(H,16,18). The summed E-state index contributed by atoms with van der Waals surface area (Å²) < 4.78 is 27.8. The SMILES string of the molecule is Cn1nccc1C(=O)Nc1c(N)ccc(F)c1F. The van der Waals surface area contributed by atoms with E-state index in [4.69, 9.17) is 5.73 Å². The van der Waals surface area contributed by atoms with Crippen molar-refractivity contribution in [2.75, 3.05) is 11.1 Å². The Balaban J connectivity index is 2.33. The third-order valence-corrected chi connectivity index (χ3v) is 2.42. The van der Waals surface area contributed by atoms with Crippen LogP contribution in [-0.4, -0.2) is 15.7 Å². The van der Waals surface area contributed by atoms with Crippen molar-refractivity contribution in [3.05, 3.63) is 41.7 Å². The zero-order chi connectivity index (χ0) is 13.3. The molecule has 0 spiro atoms. The number of anilines is 2. The van der Waals surface area contributed by atoms with Crippen molar-refractivity contribution in [3.8, 4) is 0 Å². The summed E-state index contributed by atoms with van der Waals surface area (Å²) in [6.07, 6.45) is 1.42. The number of carbonyl (C=O) groups is 1. The summed E-state index contributed by atoms with van der Waals surface area (Å²) in [4.78, 5) is 11.8. The van der Waals surface area contributed by atoms with Crippen LogP contribution in [0, 0.1) is 11.6 Å². The van der Waals surface area contributed by atoms with E-state index in [-0.39, 0.29) is 17.1 Å². The number of nitrogens with two attached hydrogens (primary N) is 1. The lowest BCUT2D eigenvalue weighted by atomic mass is 10.2. The number of amides is 1. The normalized spacial score (nSPS) is 10.4. The van der Waals surface area contributed by atoms with Crippen molar-refractivity contribution < 1.29 is 13.6 Å². The van der Waals surface area contributed by atoms with Crippen LogP contribution in [0.2, 0.25) is 0 Å². The molecule has 0 atom stereocenters. The predicted molar refractivity (Wildman–Crippen MR) is 61.9 cm³/mol. The van der Waals surface area contributed by atoms with Crippen molar-refractivity contribution >= 4 is 17.3 Å². The third kappa shape index (κ3) is 2.02. The molecule has 0 aliphatic rings. The molecule has 5 nitrogen and oxygen atoms in total. The minimum absolute atomic E-state index is 0.0515. The Labute approximate surface area is 101 Å². The van der Waals surface area contributed by atoms with Crippen molar-refractivity contribution in [1.29, 1.82) is 0 Å². The van der Waals surface area contributed by atoms with E-state index >= 15 is 0 Å². The average molecular weight is 252 g/mol. The number of hydrogen-bond donors (Lipinski definition) is 2. The highest BCUT2D eigenvalue weighted by molar-refractivity contribution is 6.04. The van der Waals surface area contributed by atoms with Crippen molar-refractivity contribution in [1.82, 2.24) is 9.78 Å². The maximum absolute atomic E-state index is 13.5. The number of benzene rings is 1. The Hall–Kier alpha value is -2.44. The van der Waals surface area contributed by atoms with Crippen LogP contribution in [0.4, 0.5) is 20.2 Å². The number of nitrogen functional groups attached to an aromatic ring is 1. The van der Waals surface area contributed by atoms with E-state index in [2.05, 4.69) is 10.4 Å². The molecule has 3 N–H and O–H groups in total. The lowest BCUT2D eigenvalue weighted by molar-refractivity contribution is 0.101. The summed E-state index contributed by atoms with van der Waals surface area (Å²) in [6, 6.07) is 3.52. The van der Waals surface area contributed by atoms with Crippen LogP contribution >= 0.6 is 0 Å². The molecule has 0 saturated carbocycles. The molecule has 0 unspecified atom stereocenters. The fourth-order valence-electron chi connectivity index (χ4n) is 1.47. The Kier molecular flexibility index (Phi) is 2.97. The number of nitrogens with one attached hydrogen (secondary N) is 1. The summed E-state index contributed by atoms with van der Waals surface area (Å²) in [5.41, 5.74) is 5.27. The van der Waals surface area contributed by atoms with Gasteiger partial charge in [0.05, 0.1) is 5.69 Å². The molecule has 18 heavy (non-hydrogen) atoms. The highest BCUT2D eigenvalue weighted by Gasteiger charge is 2.17. The van der Waals surface area contributed by atoms with Crippen LogP contribution in [0.3, 0.4) is 0 Å². The zero-order valence-electron chi connectivity index (χ0n) is 9.45. The molecule has 1 heterocycles. The Morgan fingerprint density at radius 1 is 1.39 bits per heavy atom. The number of nitrogens with zero attached hydrogens (tertiary/aromatic N) is 2. The van der Waals surface area contributed by atoms with E-state index in [9.17, 15) is 13.6 Å². The molecule has 0 aliphatic carbocycles. The van der Waals surface area contributed by atoms with E-state index in [0.29, 0.717) is 0 Å². The second-order valence-corrected chi connectivity index (χ2v) is 3.62. The molecule has 0 bridgehead atoms. The van der Waals surface area contributed by atoms with E-state index in [1.807, 2.05) is 0 Å². The van der Waals surface area contributed by atoms with Crippen LogP contribution in [0.5, 0.6) is 0 Å². The van der Waals surface area contributed by atoms with E-state index in [0.717, 1.165) is 6.07 Å². The average Bonchev–Trinajstić information content (AvgIpc) is 2.76. The molecule has 0 fully saturated rings. The van der Waals surface area contributed by atoms with Gasteiger partial charge in [-0.2, -0.15) is 5.10 Å². The fraction of sp³-hybridized carbons (Fsp3) is 0.0909. The third-order valence-electron chi connectivity index (χ3n) is 2.42. The van der Waals surface area contributed by atoms with Crippen LogP contribution in [0.1, 0.15) is 10.5 Å². The molecule has 2 rings (SSSR count). The van der Waals surface area contributed by atoms with Gasteiger partial charge in [0.15, 0.2) is 11.6 Å². The summed E-state index contributed by atoms with van der Waals surface area (Å²) in [7, 11) is 1.56. The van der Waals surface area contributed by atoms with Crippen LogP contribution in [0.15, 0.2) is 24.4 Å². The summed E-state index contributed by atoms with van der Waals surface area (Å²) in [6.45, 7) is 0. The first-order valence-corrected chi connectivity index (χ1v) is 5.03. The quantitative estimate of drug-likeness (QED) is 0.796. The number of aromatic nitrogens is 2. The molecule has 2 aromatic rings. The minimum Gasteiger partial charge on any atom is -0.397 e. The van der Waals surface area contributed by atoms with E-state index < -0.39 is 17.5 Å². The summed E-state index contributed by atoms with van der Waals surface area (Å²) in [5, 5.41) is 6.02. The molecule has 0 saturated heterocycles. The van der Waals surface area contributed by atoms with Gasteiger partial charge in [0.25, 0.3) is 5.91 Å². The largest absolute Gasteiger partial charge is 0.397 e. The van der Waals surface area contributed by atoms with Gasteiger partial charge in [0.2, 0.25) is 0 Å². The van der Waals surface area contributed by atoms with E-state index in [1.165, 1.54) is 23.0 Å².